The van der Waals surface area contributed by atoms with E-state index in [1.54, 1.807) is 6.07 Å². The van der Waals surface area contributed by atoms with Gasteiger partial charge in [0.05, 0.1) is 0 Å². The lowest BCUT2D eigenvalue weighted by Gasteiger charge is -2.28. The number of rotatable bonds is 6. The second kappa shape index (κ2) is 7.87. The third-order valence-electron chi connectivity index (χ3n) is 5.00. The summed E-state index contributed by atoms with van der Waals surface area (Å²) in [6, 6.07) is 6.88. The number of carbonyl (C=O) groups is 1. The summed E-state index contributed by atoms with van der Waals surface area (Å²) in [5.41, 5.74) is 1.08. The molecular weight excluding hydrogens is 331 g/mol. The molecule has 1 aromatic carbocycles. The normalized spacial score (nSPS) is 26.3. The van der Waals surface area contributed by atoms with Crippen LogP contribution in [0.1, 0.15) is 44.1 Å². The van der Waals surface area contributed by atoms with E-state index < -0.39 is 0 Å². The largest absolute Gasteiger partial charge is 0.356 e. The van der Waals surface area contributed by atoms with Crippen LogP contribution in [-0.2, 0) is 11.2 Å². The van der Waals surface area contributed by atoms with Crippen molar-refractivity contribution in [1.82, 2.24) is 10.6 Å². The van der Waals surface area contributed by atoms with Gasteiger partial charge in [0.2, 0.25) is 5.91 Å². The van der Waals surface area contributed by atoms with Gasteiger partial charge in [0, 0.05) is 35.1 Å². The summed E-state index contributed by atoms with van der Waals surface area (Å²) < 4.78 is 0. The van der Waals surface area contributed by atoms with Gasteiger partial charge in [-0.15, -0.1) is 0 Å². The average Bonchev–Trinajstić information content (AvgIpc) is 2.84. The standard InChI is InChI=1S/C18H24Cl2N2O/c19-14-4-3-13(17(20)11-14)2-1-7-21-18(23)10-12-8-15-5-6-16(9-12)22-15/h3-4,11-12,15-16,22H,1-2,5-10H2,(H,21,23). The first-order valence-corrected chi connectivity index (χ1v) is 9.32. The fourth-order valence-corrected chi connectivity index (χ4v) is 4.41. The highest BCUT2D eigenvalue weighted by molar-refractivity contribution is 6.35. The quantitative estimate of drug-likeness (QED) is 0.759. The molecule has 0 saturated carbocycles. The molecule has 2 heterocycles. The van der Waals surface area contributed by atoms with Gasteiger partial charge in [-0.2, -0.15) is 0 Å². The van der Waals surface area contributed by atoms with Gasteiger partial charge < -0.3 is 10.6 Å². The first-order chi connectivity index (χ1) is 11.1. The van der Waals surface area contributed by atoms with Crippen molar-refractivity contribution in [3.63, 3.8) is 0 Å². The number of piperidine rings is 1. The minimum atomic E-state index is 0.193. The van der Waals surface area contributed by atoms with E-state index in [4.69, 9.17) is 23.2 Å². The van der Waals surface area contributed by atoms with Crippen LogP contribution >= 0.6 is 23.2 Å². The molecule has 3 nitrogen and oxygen atoms in total. The zero-order valence-corrected chi connectivity index (χ0v) is 14.8. The fraction of sp³-hybridized carbons (Fsp3) is 0.611. The first kappa shape index (κ1) is 17.1. The van der Waals surface area contributed by atoms with E-state index in [0.29, 0.717) is 41.0 Å². The Morgan fingerprint density at radius 3 is 2.65 bits per heavy atom. The maximum Gasteiger partial charge on any atom is 0.220 e. The smallest absolute Gasteiger partial charge is 0.220 e. The lowest BCUT2D eigenvalue weighted by molar-refractivity contribution is -0.122. The zero-order chi connectivity index (χ0) is 16.2. The van der Waals surface area contributed by atoms with Gasteiger partial charge in [-0.3, -0.25) is 4.79 Å². The molecule has 1 amide bonds. The lowest BCUT2D eigenvalue weighted by atomic mass is 9.89. The Hall–Kier alpha value is -0.770. The highest BCUT2D eigenvalue weighted by Crippen LogP contribution is 2.32. The van der Waals surface area contributed by atoms with Crippen molar-refractivity contribution in [2.45, 2.75) is 57.0 Å². The van der Waals surface area contributed by atoms with E-state index in [-0.39, 0.29) is 5.91 Å². The summed E-state index contributed by atoms with van der Waals surface area (Å²) in [5.74, 6) is 0.748. The van der Waals surface area contributed by atoms with E-state index in [0.717, 1.165) is 31.2 Å². The SMILES string of the molecule is O=C(CC1CC2CCC(C1)N2)NCCCc1ccc(Cl)cc1Cl. The zero-order valence-electron chi connectivity index (χ0n) is 13.3. The third-order valence-corrected chi connectivity index (χ3v) is 5.59. The molecule has 2 fully saturated rings. The molecule has 23 heavy (non-hydrogen) atoms. The number of amides is 1. The van der Waals surface area contributed by atoms with Gasteiger partial charge >= 0.3 is 0 Å². The number of hydrogen-bond donors (Lipinski definition) is 2. The number of halogens is 2. The summed E-state index contributed by atoms with van der Waals surface area (Å²) in [4.78, 5) is 12.1. The molecule has 2 N–H and O–H groups in total. The Morgan fingerprint density at radius 1 is 1.22 bits per heavy atom. The van der Waals surface area contributed by atoms with Crippen molar-refractivity contribution in [2.75, 3.05) is 6.54 Å². The first-order valence-electron chi connectivity index (χ1n) is 8.57. The van der Waals surface area contributed by atoms with Crippen LogP contribution in [-0.4, -0.2) is 24.5 Å². The van der Waals surface area contributed by atoms with Crippen molar-refractivity contribution in [3.05, 3.63) is 33.8 Å². The summed E-state index contributed by atoms with van der Waals surface area (Å²) in [6.07, 6.45) is 7.30. The maximum atomic E-state index is 12.1. The molecule has 2 unspecified atom stereocenters. The Labute approximate surface area is 148 Å². The number of nitrogens with one attached hydrogen (secondary N) is 2. The predicted octanol–water partition coefficient (Wildman–Crippen LogP) is 3.96. The summed E-state index contributed by atoms with van der Waals surface area (Å²) in [6.45, 7) is 0.704. The second-order valence-electron chi connectivity index (χ2n) is 6.87. The van der Waals surface area contributed by atoms with Gasteiger partial charge in [0.25, 0.3) is 0 Å². The molecule has 0 radical (unpaired) electrons. The molecule has 2 aliphatic heterocycles. The molecule has 0 aromatic heterocycles. The van der Waals surface area contributed by atoms with Crippen LogP contribution in [0.15, 0.2) is 18.2 Å². The highest BCUT2D eigenvalue weighted by Gasteiger charge is 2.33. The molecule has 3 rings (SSSR count). The fourth-order valence-electron chi connectivity index (χ4n) is 3.91. The van der Waals surface area contributed by atoms with Crippen molar-refractivity contribution < 1.29 is 4.79 Å². The van der Waals surface area contributed by atoms with Gasteiger partial charge in [0.1, 0.15) is 0 Å². The summed E-state index contributed by atoms with van der Waals surface area (Å²) in [5, 5.41) is 8.03. The van der Waals surface area contributed by atoms with Crippen molar-refractivity contribution in [1.29, 1.82) is 0 Å². The number of aryl methyl sites for hydroxylation is 1. The molecule has 2 saturated heterocycles. The van der Waals surface area contributed by atoms with Gasteiger partial charge in [-0.1, -0.05) is 29.3 Å². The summed E-state index contributed by atoms with van der Waals surface area (Å²) in [7, 11) is 0. The molecule has 2 atom stereocenters. The van der Waals surface area contributed by atoms with Crippen LogP contribution in [0.4, 0.5) is 0 Å². The maximum absolute atomic E-state index is 12.1. The molecular formula is C18H24Cl2N2O. The molecule has 126 valence electrons. The average molecular weight is 355 g/mol. The van der Waals surface area contributed by atoms with Crippen LogP contribution < -0.4 is 10.6 Å². The Bertz CT molecular complexity index is 552. The second-order valence-corrected chi connectivity index (χ2v) is 7.71. The van der Waals surface area contributed by atoms with E-state index in [1.807, 2.05) is 12.1 Å². The van der Waals surface area contributed by atoms with Crippen LogP contribution in [0.25, 0.3) is 0 Å². The van der Waals surface area contributed by atoms with Crippen molar-refractivity contribution >= 4 is 29.1 Å². The van der Waals surface area contributed by atoms with Gasteiger partial charge in [-0.25, -0.2) is 0 Å². The number of benzene rings is 1. The van der Waals surface area contributed by atoms with Crippen LogP contribution in [0.5, 0.6) is 0 Å². The minimum Gasteiger partial charge on any atom is -0.356 e. The predicted molar refractivity (Wildman–Crippen MR) is 95.1 cm³/mol. The molecule has 0 aliphatic carbocycles. The Morgan fingerprint density at radius 2 is 1.96 bits per heavy atom. The molecule has 2 aliphatic rings. The Kier molecular flexibility index (Phi) is 5.84. The number of fused-ring (bicyclic) bond motifs is 2. The lowest BCUT2D eigenvalue weighted by Crippen LogP contribution is -2.39. The van der Waals surface area contributed by atoms with E-state index in [1.165, 1.54) is 12.8 Å². The number of hydrogen-bond acceptors (Lipinski definition) is 2. The monoisotopic (exact) mass is 354 g/mol. The topological polar surface area (TPSA) is 41.1 Å². The van der Waals surface area contributed by atoms with Crippen LogP contribution in [0.3, 0.4) is 0 Å². The molecule has 2 bridgehead atoms. The number of carbonyl (C=O) groups excluding carboxylic acids is 1. The summed E-state index contributed by atoms with van der Waals surface area (Å²) >= 11 is 12.0. The van der Waals surface area contributed by atoms with Gasteiger partial charge in [0.15, 0.2) is 0 Å². The Balaban J connectivity index is 1.35. The van der Waals surface area contributed by atoms with Crippen LogP contribution in [0, 0.1) is 5.92 Å². The third kappa shape index (κ3) is 4.85. The van der Waals surface area contributed by atoms with E-state index in [9.17, 15) is 4.79 Å². The molecule has 5 heteroatoms. The van der Waals surface area contributed by atoms with Gasteiger partial charge in [-0.05, 0) is 62.1 Å². The minimum absolute atomic E-state index is 0.193. The van der Waals surface area contributed by atoms with Crippen molar-refractivity contribution in [2.24, 2.45) is 5.92 Å². The molecule has 1 aromatic rings. The van der Waals surface area contributed by atoms with E-state index in [2.05, 4.69) is 10.6 Å². The van der Waals surface area contributed by atoms with Crippen LogP contribution in [0.2, 0.25) is 10.0 Å². The highest BCUT2D eigenvalue weighted by atomic mass is 35.5. The molecule has 0 spiro atoms. The van der Waals surface area contributed by atoms with E-state index >= 15 is 0 Å². The van der Waals surface area contributed by atoms with Crippen molar-refractivity contribution in [3.8, 4) is 0 Å².